The van der Waals surface area contributed by atoms with E-state index in [9.17, 15) is 4.79 Å². The van der Waals surface area contributed by atoms with Gasteiger partial charge in [-0.05, 0) is 13.3 Å². The fraction of sp³-hybridized carbons (Fsp3) is 0.833. The van der Waals surface area contributed by atoms with E-state index in [0.717, 1.165) is 12.8 Å². The first-order valence-corrected chi connectivity index (χ1v) is 3.04. The van der Waals surface area contributed by atoms with Crippen molar-refractivity contribution in [2.24, 2.45) is 0 Å². The largest absolute Gasteiger partial charge is 0.307 e. The molecule has 1 aliphatic rings. The Morgan fingerprint density at radius 1 is 1.75 bits per heavy atom. The van der Waals surface area contributed by atoms with Gasteiger partial charge < -0.3 is 5.32 Å². The molecule has 0 bridgehead atoms. The third-order valence-corrected chi connectivity index (χ3v) is 1.50. The Kier molecular flexibility index (Phi) is 1.63. The maximum Gasteiger partial charge on any atom is 0.146 e. The van der Waals surface area contributed by atoms with E-state index in [0.29, 0.717) is 18.4 Å². The van der Waals surface area contributed by atoms with Crippen LogP contribution in [0.3, 0.4) is 0 Å². The van der Waals surface area contributed by atoms with Crippen LogP contribution >= 0.6 is 0 Å². The number of Topliss-reactive ketones (excluding diaryl/α,β-unsaturated/α-hetero) is 1. The Morgan fingerprint density at radius 2 is 2.50 bits per heavy atom. The average Bonchev–Trinajstić information content (AvgIpc) is 1.77. The van der Waals surface area contributed by atoms with Gasteiger partial charge in [0.2, 0.25) is 0 Å². The smallest absolute Gasteiger partial charge is 0.146 e. The van der Waals surface area contributed by atoms with Gasteiger partial charge in [0.15, 0.2) is 0 Å². The zero-order chi connectivity index (χ0) is 5.98. The summed E-state index contributed by atoms with van der Waals surface area (Å²) in [6, 6.07) is 0.549. The predicted molar refractivity (Wildman–Crippen MR) is 31.7 cm³/mol. The maximum atomic E-state index is 10.5. The first kappa shape index (κ1) is 5.76. The number of hydrogen-bond acceptors (Lipinski definition) is 2. The van der Waals surface area contributed by atoms with Crippen LogP contribution in [0.2, 0.25) is 0 Å². The van der Waals surface area contributed by atoms with Crippen molar-refractivity contribution in [3.8, 4) is 0 Å². The quantitative estimate of drug-likeness (QED) is 0.490. The van der Waals surface area contributed by atoms with Crippen LogP contribution in [0.15, 0.2) is 0 Å². The standard InChI is InChI=1S/C6H11NO/c1-5-2-3-6(8)4-7-5/h5,7H,2-4H2,1H3/t5-/m0/s1. The fourth-order valence-electron chi connectivity index (χ4n) is 0.856. The third kappa shape index (κ3) is 1.30. The highest BCUT2D eigenvalue weighted by Crippen LogP contribution is 2.01. The van der Waals surface area contributed by atoms with Gasteiger partial charge in [0, 0.05) is 12.5 Å². The lowest BCUT2D eigenvalue weighted by atomic mass is 10.1. The van der Waals surface area contributed by atoms with Crippen molar-refractivity contribution in [2.75, 3.05) is 6.54 Å². The topological polar surface area (TPSA) is 29.1 Å². The van der Waals surface area contributed by atoms with Crippen molar-refractivity contribution in [3.05, 3.63) is 0 Å². The summed E-state index contributed by atoms with van der Waals surface area (Å²) in [5, 5.41) is 3.08. The second-order valence-corrected chi connectivity index (χ2v) is 2.36. The number of rotatable bonds is 0. The fourth-order valence-corrected chi connectivity index (χ4v) is 0.856. The van der Waals surface area contributed by atoms with Crippen LogP contribution in [-0.4, -0.2) is 18.4 Å². The number of carbonyl (C=O) groups excluding carboxylic acids is 1. The van der Waals surface area contributed by atoms with E-state index < -0.39 is 0 Å². The minimum Gasteiger partial charge on any atom is -0.307 e. The van der Waals surface area contributed by atoms with Crippen LogP contribution < -0.4 is 5.32 Å². The first-order chi connectivity index (χ1) is 3.79. The number of nitrogens with one attached hydrogen (secondary N) is 1. The molecule has 1 heterocycles. The lowest BCUT2D eigenvalue weighted by Gasteiger charge is -2.17. The predicted octanol–water partition coefficient (Wildman–Crippen LogP) is 0.327. The lowest BCUT2D eigenvalue weighted by Crippen LogP contribution is -2.36. The molecule has 1 atom stereocenters. The van der Waals surface area contributed by atoms with Gasteiger partial charge in [0.25, 0.3) is 0 Å². The highest BCUT2D eigenvalue weighted by Gasteiger charge is 2.12. The van der Waals surface area contributed by atoms with E-state index in [1.165, 1.54) is 0 Å². The molecule has 0 spiro atoms. The Bertz CT molecular complexity index is 90.7. The van der Waals surface area contributed by atoms with E-state index in [4.69, 9.17) is 0 Å². The van der Waals surface area contributed by atoms with Gasteiger partial charge in [-0.25, -0.2) is 0 Å². The van der Waals surface area contributed by atoms with Crippen LogP contribution in [0.25, 0.3) is 0 Å². The molecule has 1 fully saturated rings. The molecule has 0 aliphatic carbocycles. The molecule has 0 saturated carbocycles. The summed E-state index contributed by atoms with van der Waals surface area (Å²) in [5.41, 5.74) is 0. The van der Waals surface area contributed by atoms with Crippen molar-refractivity contribution in [3.63, 3.8) is 0 Å². The number of hydrogen-bond donors (Lipinski definition) is 1. The molecule has 46 valence electrons. The van der Waals surface area contributed by atoms with Crippen LogP contribution in [0.4, 0.5) is 0 Å². The van der Waals surface area contributed by atoms with Gasteiger partial charge in [-0.2, -0.15) is 0 Å². The highest BCUT2D eigenvalue weighted by molar-refractivity contribution is 5.81. The first-order valence-electron chi connectivity index (χ1n) is 3.04. The van der Waals surface area contributed by atoms with Gasteiger partial charge >= 0.3 is 0 Å². The van der Waals surface area contributed by atoms with Crippen molar-refractivity contribution < 1.29 is 4.79 Å². The van der Waals surface area contributed by atoms with Crippen LogP contribution in [0.5, 0.6) is 0 Å². The molecule has 0 unspecified atom stereocenters. The minimum absolute atomic E-state index is 0.350. The summed E-state index contributed by atoms with van der Waals surface area (Å²) in [5.74, 6) is 0.350. The summed E-state index contributed by atoms with van der Waals surface area (Å²) in [4.78, 5) is 10.5. The average molecular weight is 113 g/mol. The van der Waals surface area contributed by atoms with E-state index in [-0.39, 0.29) is 0 Å². The Hall–Kier alpha value is -0.370. The van der Waals surface area contributed by atoms with Crippen LogP contribution in [0.1, 0.15) is 19.8 Å². The molecule has 0 aromatic heterocycles. The van der Waals surface area contributed by atoms with Gasteiger partial charge in [0.1, 0.15) is 5.78 Å². The zero-order valence-corrected chi connectivity index (χ0v) is 5.11. The molecule has 2 nitrogen and oxygen atoms in total. The van der Waals surface area contributed by atoms with Gasteiger partial charge in [-0.1, -0.05) is 0 Å². The summed E-state index contributed by atoms with van der Waals surface area (Å²) in [6.07, 6.45) is 1.78. The van der Waals surface area contributed by atoms with Crippen LogP contribution in [-0.2, 0) is 4.79 Å². The highest BCUT2D eigenvalue weighted by atomic mass is 16.1. The van der Waals surface area contributed by atoms with E-state index in [1.807, 2.05) is 0 Å². The SMILES string of the molecule is C[C@H]1CCC(=O)CN1. The lowest BCUT2D eigenvalue weighted by molar-refractivity contribution is -0.119. The molecule has 1 N–H and O–H groups in total. The summed E-state index contributed by atoms with van der Waals surface area (Å²) >= 11 is 0. The molecule has 0 amide bonds. The van der Waals surface area contributed by atoms with Gasteiger partial charge in [-0.15, -0.1) is 0 Å². The Morgan fingerprint density at radius 3 is 2.88 bits per heavy atom. The summed E-state index contributed by atoms with van der Waals surface area (Å²) in [7, 11) is 0. The summed E-state index contributed by atoms with van der Waals surface area (Å²) in [6.45, 7) is 2.69. The number of piperidine rings is 1. The number of ketones is 1. The Labute approximate surface area is 49.3 Å². The Balaban J connectivity index is 2.29. The second kappa shape index (κ2) is 2.27. The monoisotopic (exact) mass is 113 g/mol. The molecular weight excluding hydrogens is 102 g/mol. The second-order valence-electron chi connectivity index (χ2n) is 2.36. The van der Waals surface area contributed by atoms with E-state index >= 15 is 0 Å². The minimum atomic E-state index is 0.350. The van der Waals surface area contributed by atoms with Crippen molar-refractivity contribution in [1.29, 1.82) is 0 Å². The van der Waals surface area contributed by atoms with E-state index in [2.05, 4.69) is 12.2 Å². The number of carbonyl (C=O) groups is 1. The molecule has 1 saturated heterocycles. The molecule has 8 heavy (non-hydrogen) atoms. The molecular formula is C6H11NO. The van der Waals surface area contributed by atoms with Crippen molar-refractivity contribution >= 4 is 5.78 Å². The maximum absolute atomic E-state index is 10.5. The molecule has 0 aromatic rings. The molecule has 1 rings (SSSR count). The van der Waals surface area contributed by atoms with Crippen LogP contribution in [0, 0.1) is 0 Å². The molecule has 0 radical (unpaired) electrons. The molecule has 0 aromatic carbocycles. The van der Waals surface area contributed by atoms with Crippen molar-refractivity contribution in [1.82, 2.24) is 5.32 Å². The molecule has 2 heteroatoms. The summed E-state index contributed by atoms with van der Waals surface area (Å²) < 4.78 is 0. The normalized spacial score (nSPS) is 30.6. The van der Waals surface area contributed by atoms with Gasteiger partial charge in [0.05, 0.1) is 6.54 Å². The third-order valence-electron chi connectivity index (χ3n) is 1.50. The van der Waals surface area contributed by atoms with E-state index in [1.54, 1.807) is 0 Å². The van der Waals surface area contributed by atoms with Gasteiger partial charge in [-0.3, -0.25) is 4.79 Å². The zero-order valence-electron chi connectivity index (χ0n) is 5.11. The molecule has 1 aliphatic heterocycles. The van der Waals surface area contributed by atoms with Crippen molar-refractivity contribution in [2.45, 2.75) is 25.8 Å².